The monoisotopic (exact) mass is 380 g/mol. The third kappa shape index (κ3) is 3.80. The van der Waals surface area contributed by atoms with Crippen molar-refractivity contribution in [3.63, 3.8) is 0 Å². The van der Waals surface area contributed by atoms with Gasteiger partial charge in [-0.3, -0.25) is 4.79 Å². The van der Waals surface area contributed by atoms with Gasteiger partial charge in [-0.15, -0.1) is 11.8 Å². The zero-order valence-corrected chi connectivity index (χ0v) is 15.6. The lowest BCUT2D eigenvalue weighted by Gasteiger charge is -2.24. The van der Waals surface area contributed by atoms with Crippen LogP contribution < -0.4 is 10.6 Å². The summed E-state index contributed by atoms with van der Waals surface area (Å²) in [4.78, 5) is 29.0. The first-order chi connectivity index (χ1) is 13.2. The Hall–Kier alpha value is -2.87. The Morgan fingerprint density at radius 1 is 1.15 bits per heavy atom. The van der Waals surface area contributed by atoms with Crippen LogP contribution in [0.15, 0.2) is 48.0 Å². The molecule has 0 spiro atoms. The lowest BCUT2D eigenvalue weighted by molar-refractivity contribution is -0.113. The summed E-state index contributed by atoms with van der Waals surface area (Å²) in [6, 6.07) is 8.74. The molecule has 138 valence electrons. The van der Waals surface area contributed by atoms with Crippen molar-refractivity contribution in [2.75, 3.05) is 17.2 Å². The number of amides is 1. The van der Waals surface area contributed by atoms with E-state index in [1.54, 1.807) is 23.7 Å². The van der Waals surface area contributed by atoms with Crippen LogP contribution in [0.2, 0.25) is 0 Å². The number of imidazole rings is 1. The number of carbonyl (C=O) groups is 1. The average molecular weight is 380 g/mol. The molecular formula is C19H20N6OS. The summed E-state index contributed by atoms with van der Waals surface area (Å²) in [6.07, 6.45) is 8.71. The third-order valence-corrected chi connectivity index (χ3v) is 5.60. The van der Waals surface area contributed by atoms with Crippen LogP contribution in [-0.2, 0) is 17.6 Å². The lowest BCUT2D eigenvalue weighted by atomic mass is 10.1. The molecule has 1 aromatic carbocycles. The quantitative estimate of drug-likeness (QED) is 0.708. The molecule has 2 aromatic heterocycles. The van der Waals surface area contributed by atoms with Gasteiger partial charge >= 0.3 is 0 Å². The number of fused-ring (bicyclic) bond motifs is 2. The number of carbonyl (C=O) groups excluding carboxylic acids is 1. The van der Waals surface area contributed by atoms with Gasteiger partial charge in [-0.1, -0.05) is 24.3 Å². The lowest BCUT2D eigenvalue weighted by Crippen LogP contribution is -2.28. The van der Waals surface area contributed by atoms with Crippen molar-refractivity contribution >= 4 is 34.7 Å². The maximum atomic E-state index is 11.2. The van der Waals surface area contributed by atoms with Crippen LogP contribution in [0.3, 0.4) is 0 Å². The molecule has 1 amide bonds. The van der Waals surface area contributed by atoms with Gasteiger partial charge in [0.1, 0.15) is 11.8 Å². The maximum absolute atomic E-state index is 11.2. The van der Waals surface area contributed by atoms with E-state index in [4.69, 9.17) is 5.73 Å². The van der Waals surface area contributed by atoms with Crippen molar-refractivity contribution in [2.45, 2.75) is 19.3 Å². The fraction of sp³-hybridized carbons (Fsp3) is 0.263. The van der Waals surface area contributed by atoms with Gasteiger partial charge in [-0.25, -0.2) is 15.0 Å². The van der Waals surface area contributed by atoms with Crippen molar-refractivity contribution in [3.8, 4) is 0 Å². The Balaban J connectivity index is 0.000000167. The summed E-state index contributed by atoms with van der Waals surface area (Å²) in [5.41, 5.74) is 9.78. The number of aryl methyl sites for hydroxylation is 2. The van der Waals surface area contributed by atoms with Crippen LogP contribution in [0.1, 0.15) is 17.5 Å². The molecule has 0 saturated carbocycles. The molecule has 0 fully saturated rings. The maximum Gasteiger partial charge on any atom is 0.256 e. The van der Waals surface area contributed by atoms with Gasteiger partial charge in [0.25, 0.3) is 5.91 Å². The SMILES string of the molecule is NC(=O)C1=CN(c2ncnc3nc[nH]c23)CCS1.c1ccc2c(c1)CCC2. The van der Waals surface area contributed by atoms with Crippen LogP contribution in [-0.4, -0.2) is 38.1 Å². The van der Waals surface area contributed by atoms with E-state index < -0.39 is 5.91 Å². The van der Waals surface area contributed by atoms with E-state index in [1.807, 2.05) is 4.90 Å². The van der Waals surface area contributed by atoms with Crippen LogP contribution in [0.25, 0.3) is 11.2 Å². The Labute approximate surface area is 161 Å². The molecule has 3 heterocycles. The highest BCUT2D eigenvalue weighted by molar-refractivity contribution is 8.04. The number of nitrogens with one attached hydrogen (secondary N) is 1. The number of thioether (sulfide) groups is 1. The Kier molecular flexibility index (Phi) is 5.06. The number of benzene rings is 1. The van der Waals surface area contributed by atoms with Gasteiger partial charge in [0.2, 0.25) is 0 Å². The number of aromatic amines is 1. The Morgan fingerprint density at radius 3 is 2.67 bits per heavy atom. The number of nitrogens with zero attached hydrogens (tertiary/aromatic N) is 4. The molecule has 0 atom stereocenters. The number of aromatic nitrogens is 4. The second kappa shape index (κ2) is 7.79. The highest BCUT2D eigenvalue weighted by atomic mass is 32.2. The van der Waals surface area contributed by atoms with Crippen molar-refractivity contribution in [1.82, 2.24) is 19.9 Å². The highest BCUT2D eigenvalue weighted by Crippen LogP contribution is 2.27. The van der Waals surface area contributed by atoms with Crippen LogP contribution in [0.4, 0.5) is 5.82 Å². The highest BCUT2D eigenvalue weighted by Gasteiger charge is 2.19. The van der Waals surface area contributed by atoms with Crippen molar-refractivity contribution in [2.24, 2.45) is 5.73 Å². The standard InChI is InChI=1S/C10H10N6OS.C9H10/c11-8(17)6-3-16(1-2-18-6)10-7-9(13-4-12-7)14-5-15-10;1-2-5-9-7-3-6-8(9)4-1/h3-5H,1-2H2,(H2,11,17)(H,12,13,14,15);1-2,4-5H,3,6-7H2. The minimum atomic E-state index is -0.417. The zero-order chi connectivity index (χ0) is 18.6. The normalized spacial score (nSPS) is 15.7. The Bertz CT molecular complexity index is 976. The van der Waals surface area contributed by atoms with E-state index in [9.17, 15) is 4.79 Å². The third-order valence-electron chi connectivity index (χ3n) is 4.59. The van der Waals surface area contributed by atoms with E-state index in [2.05, 4.69) is 44.2 Å². The predicted octanol–water partition coefficient (Wildman–Crippen LogP) is 2.41. The molecule has 3 N–H and O–H groups in total. The minimum absolute atomic E-state index is 0.417. The van der Waals surface area contributed by atoms with E-state index in [0.29, 0.717) is 16.4 Å². The fourth-order valence-corrected chi connectivity index (χ4v) is 4.14. The summed E-state index contributed by atoms with van der Waals surface area (Å²) in [5, 5.41) is 0. The smallest absolute Gasteiger partial charge is 0.256 e. The number of rotatable bonds is 2. The van der Waals surface area contributed by atoms with Crippen molar-refractivity contribution in [3.05, 3.63) is 59.2 Å². The number of primary amides is 1. The van der Waals surface area contributed by atoms with Gasteiger partial charge in [0, 0.05) is 18.5 Å². The van der Waals surface area contributed by atoms with Gasteiger partial charge < -0.3 is 15.6 Å². The van der Waals surface area contributed by atoms with E-state index >= 15 is 0 Å². The number of nitrogens with two attached hydrogens (primary N) is 1. The first-order valence-corrected chi connectivity index (χ1v) is 9.83. The molecule has 8 heteroatoms. The number of anilines is 1. The molecule has 0 bridgehead atoms. The van der Waals surface area contributed by atoms with Crippen molar-refractivity contribution in [1.29, 1.82) is 0 Å². The van der Waals surface area contributed by atoms with Crippen molar-refractivity contribution < 1.29 is 4.79 Å². The molecule has 0 radical (unpaired) electrons. The first-order valence-electron chi connectivity index (χ1n) is 8.84. The van der Waals surface area contributed by atoms with Crippen LogP contribution in [0, 0.1) is 0 Å². The minimum Gasteiger partial charge on any atom is -0.365 e. The first kappa shape index (κ1) is 17.5. The number of hydrogen-bond acceptors (Lipinski definition) is 6. The topological polar surface area (TPSA) is 101 Å². The van der Waals surface area contributed by atoms with Gasteiger partial charge in [-0.2, -0.15) is 0 Å². The van der Waals surface area contributed by atoms with E-state index in [1.165, 1.54) is 37.4 Å². The van der Waals surface area contributed by atoms with Crippen LogP contribution in [0.5, 0.6) is 0 Å². The molecule has 5 rings (SSSR count). The predicted molar refractivity (Wildman–Crippen MR) is 107 cm³/mol. The van der Waals surface area contributed by atoms with E-state index in [0.717, 1.165) is 17.8 Å². The van der Waals surface area contributed by atoms with Gasteiger partial charge in [0.05, 0.1) is 11.2 Å². The average Bonchev–Trinajstić information content (AvgIpc) is 3.37. The molecule has 0 saturated heterocycles. The molecule has 1 aliphatic heterocycles. The Morgan fingerprint density at radius 2 is 1.93 bits per heavy atom. The molecule has 2 aliphatic rings. The van der Waals surface area contributed by atoms with E-state index in [-0.39, 0.29) is 0 Å². The summed E-state index contributed by atoms with van der Waals surface area (Å²) >= 11 is 1.45. The summed E-state index contributed by atoms with van der Waals surface area (Å²) in [6.45, 7) is 0.757. The largest absolute Gasteiger partial charge is 0.365 e. The second-order valence-corrected chi connectivity index (χ2v) is 7.46. The van der Waals surface area contributed by atoms with Crippen LogP contribution >= 0.6 is 11.8 Å². The summed E-state index contributed by atoms with van der Waals surface area (Å²) in [7, 11) is 0. The van der Waals surface area contributed by atoms with Gasteiger partial charge in [-0.05, 0) is 30.4 Å². The zero-order valence-electron chi connectivity index (χ0n) is 14.8. The summed E-state index contributed by atoms with van der Waals surface area (Å²) < 4.78 is 0. The molecule has 0 unspecified atom stereocenters. The number of H-pyrrole nitrogens is 1. The fourth-order valence-electron chi connectivity index (χ4n) is 3.28. The number of hydrogen-bond donors (Lipinski definition) is 2. The summed E-state index contributed by atoms with van der Waals surface area (Å²) in [5.74, 6) is 1.07. The second-order valence-electron chi connectivity index (χ2n) is 6.32. The van der Waals surface area contributed by atoms with Gasteiger partial charge in [0.15, 0.2) is 11.5 Å². The molecule has 1 aliphatic carbocycles. The molecule has 27 heavy (non-hydrogen) atoms. The molecule has 3 aromatic rings. The molecular weight excluding hydrogens is 360 g/mol. The molecule has 7 nitrogen and oxygen atoms in total.